The third-order valence-electron chi connectivity index (χ3n) is 4.29. The molecule has 0 radical (unpaired) electrons. The lowest BCUT2D eigenvalue weighted by Gasteiger charge is -2.17. The maximum atomic E-state index is 12.3. The van der Waals surface area contributed by atoms with Gasteiger partial charge in [0.2, 0.25) is 11.8 Å². The highest BCUT2D eigenvalue weighted by Crippen LogP contribution is 2.05. The molecule has 6 nitrogen and oxygen atoms in total. The number of methoxy groups -OCH3 is 1. The van der Waals surface area contributed by atoms with Crippen LogP contribution in [-0.2, 0) is 32.0 Å². The van der Waals surface area contributed by atoms with Crippen LogP contribution in [0.5, 0.6) is 0 Å². The Bertz CT molecular complexity index is 813. The third-order valence-corrected chi connectivity index (χ3v) is 4.29. The first-order valence-electron chi connectivity index (χ1n) is 9.12. The number of nitrogens with one attached hydrogen (secondary N) is 2. The zero-order valence-corrected chi connectivity index (χ0v) is 16.5. The van der Waals surface area contributed by atoms with E-state index in [2.05, 4.69) is 10.6 Å². The van der Waals surface area contributed by atoms with Crippen LogP contribution in [0.15, 0.2) is 48.5 Å². The van der Waals surface area contributed by atoms with Crippen molar-refractivity contribution in [1.29, 1.82) is 0 Å². The van der Waals surface area contributed by atoms with Gasteiger partial charge in [0.25, 0.3) is 0 Å². The summed E-state index contributed by atoms with van der Waals surface area (Å²) in [5.74, 6) is -1.15. The summed E-state index contributed by atoms with van der Waals surface area (Å²) in [6.07, 6.45) is 0.344. The SMILES string of the molecule is COC(=O)C(CNC(=O)Cc1ccc(C)cc1)NC(=O)Cc1ccc(C)cc1. The summed E-state index contributed by atoms with van der Waals surface area (Å²) in [6.45, 7) is 3.91. The molecule has 0 aliphatic carbocycles. The molecule has 2 amide bonds. The lowest BCUT2D eigenvalue weighted by Crippen LogP contribution is -2.49. The topological polar surface area (TPSA) is 84.5 Å². The number of benzene rings is 2. The van der Waals surface area contributed by atoms with Crippen molar-refractivity contribution >= 4 is 17.8 Å². The summed E-state index contributed by atoms with van der Waals surface area (Å²) in [5, 5.41) is 5.31. The second-order valence-corrected chi connectivity index (χ2v) is 6.77. The number of hydrogen-bond donors (Lipinski definition) is 2. The van der Waals surface area contributed by atoms with Crippen molar-refractivity contribution in [3.63, 3.8) is 0 Å². The van der Waals surface area contributed by atoms with E-state index < -0.39 is 12.0 Å². The Morgan fingerprint density at radius 2 is 1.29 bits per heavy atom. The van der Waals surface area contributed by atoms with Gasteiger partial charge in [-0.1, -0.05) is 59.7 Å². The summed E-state index contributed by atoms with van der Waals surface area (Å²) < 4.78 is 4.74. The molecule has 0 fully saturated rings. The van der Waals surface area contributed by atoms with E-state index in [1.54, 1.807) is 0 Å². The molecule has 0 bridgehead atoms. The van der Waals surface area contributed by atoms with Crippen LogP contribution in [0, 0.1) is 13.8 Å². The van der Waals surface area contributed by atoms with Gasteiger partial charge in [-0.3, -0.25) is 9.59 Å². The Morgan fingerprint density at radius 3 is 1.75 bits per heavy atom. The maximum Gasteiger partial charge on any atom is 0.330 e. The Kier molecular flexibility index (Phi) is 7.75. The van der Waals surface area contributed by atoms with E-state index >= 15 is 0 Å². The van der Waals surface area contributed by atoms with Gasteiger partial charge in [0.1, 0.15) is 6.04 Å². The smallest absolute Gasteiger partial charge is 0.330 e. The van der Waals surface area contributed by atoms with Crippen LogP contribution in [0.1, 0.15) is 22.3 Å². The van der Waals surface area contributed by atoms with E-state index in [0.29, 0.717) is 0 Å². The minimum absolute atomic E-state index is 0.0307. The zero-order chi connectivity index (χ0) is 20.5. The van der Waals surface area contributed by atoms with Gasteiger partial charge >= 0.3 is 5.97 Å². The molecule has 2 N–H and O–H groups in total. The molecular weight excluding hydrogens is 356 g/mol. The lowest BCUT2D eigenvalue weighted by molar-refractivity contribution is -0.145. The van der Waals surface area contributed by atoms with E-state index in [-0.39, 0.29) is 31.2 Å². The molecule has 2 aromatic rings. The van der Waals surface area contributed by atoms with Gasteiger partial charge in [-0.05, 0) is 25.0 Å². The summed E-state index contributed by atoms with van der Waals surface area (Å²) >= 11 is 0. The number of rotatable bonds is 8. The minimum atomic E-state index is -0.940. The normalized spacial score (nSPS) is 11.4. The molecule has 28 heavy (non-hydrogen) atoms. The summed E-state index contributed by atoms with van der Waals surface area (Å²) in [6, 6.07) is 14.3. The summed E-state index contributed by atoms with van der Waals surface area (Å²) in [4.78, 5) is 36.4. The largest absolute Gasteiger partial charge is 0.467 e. The lowest BCUT2D eigenvalue weighted by atomic mass is 10.1. The predicted octanol–water partition coefficient (Wildman–Crippen LogP) is 1.86. The highest BCUT2D eigenvalue weighted by atomic mass is 16.5. The van der Waals surface area contributed by atoms with Crippen LogP contribution in [0.2, 0.25) is 0 Å². The molecule has 1 atom stereocenters. The van der Waals surface area contributed by atoms with Gasteiger partial charge in [0.15, 0.2) is 0 Å². The molecule has 148 valence electrons. The molecule has 2 rings (SSSR count). The molecule has 0 aliphatic heterocycles. The Hall–Kier alpha value is -3.15. The summed E-state index contributed by atoms with van der Waals surface area (Å²) in [7, 11) is 1.25. The Morgan fingerprint density at radius 1 is 0.821 bits per heavy atom. The van der Waals surface area contributed by atoms with Gasteiger partial charge in [-0.25, -0.2) is 4.79 Å². The van der Waals surface area contributed by atoms with E-state index in [9.17, 15) is 14.4 Å². The molecule has 0 saturated heterocycles. The van der Waals surface area contributed by atoms with Gasteiger partial charge < -0.3 is 15.4 Å². The van der Waals surface area contributed by atoms with Crippen molar-refractivity contribution in [3.05, 3.63) is 70.8 Å². The molecule has 1 unspecified atom stereocenters. The van der Waals surface area contributed by atoms with Crippen LogP contribution >= 0.6 is 0 Å². The quantitative estimate of drug-likeness (QED) is 0.683. The van der Waals surface area contributed by atoms with Crippen LogP contribution in [-0.4, -0.2) is 37.5 Å². The molecular formula is C22H26N2O4. The number of ether oxygens (including phenoxy) is 1. The minimum Gasteiger partial charge on any atom is -0.467 e. The maximum absolute atomic E-state index is 12.3. The molecule has 0 spiro atoms. The summed E-state index contributed by atoms with van der Waals surface area (Å²) in [5.41, 5.74) is 3.94. The fourth-order valence-corrected chi connectivity index (χ4v) is 2.64. The monoisotopic (exact) mass is 382 g/mol. The van der Waals surface area contributed by atoms with E-state index in [1.165, 1.54) is 7.11 Å². The van der Waals surface area contributed by atoms with Gasteiger partial charge in [0.05, 0.1) is 20.0 Å². The number of aryl methyl sites for hydroxylation is 2. The zero-order valence-electron chi connectivity index (χ0n) is 16.5. The highest BCUT2D eigenvalue weighted by molar-refractivity contribution is 5.86. The van der Waals surface area contributed by atoms with Crippen LogP contribution in [0.4, 0.5) is 0 Å². The fourth-order valence-electron chi connectivity index (χ4n) is 2.64. The first-order chi connectivity index (χ1) is 13.4. The van der Waals surface area contributed by atoms with Crippen LogP contribution < -0.4 is 10.6 Å². The molecule has 0 aliphatic rings. The average molecular weight is 382 g/mol. The molecule has 0 aromatic heterocycles. The van der Waals surface area contributed by atoms with Gasteiger partial charge in [-0.2, -0.15) is 0 Å². The molecule has 0 saturated carbocycles. The van der Waals surface area contributed by atoms with Gasteiger partial charge in [-0.15, -0.1) is 0 Å². The van der Waals surface area contributed by atoms with Crippen molar-refractivity contribution < 1.29 is 19.1 Å². The second kappa shape index (κ2) is 10.3. The standard InChI is InChI=1S/C22H26N2O4/c1-15-4-8-17(9-5-15)12-20(25)23-14-19(22(27)28-3)24-21(26)13-18-10-6-16(2)7-11-18/h4-11,19H,12-14H2,1-3H3,(H,23,25)(H,24,26). The van der Waals surface area contributed by atoms with Crippen molar-refractivity contribution in [2.24, 2.45) is 0 Å². The predicted molar refractivity (Wildman–Crippen MR) is 107 cm³/mol. The van der Waals surface area contributed by atoms with Crippen molar-refractivity contribution in [3.8, 4) is 0 Å². The second-order valence-electron chi connectivity index (χ2n) is 6.77. The number of esters is 1. The number of amides is 2. The first kappa shape index (κ1) is 21.2. The van der Waals surface area contributed by atoms with Gasteiger partial charge in [0, 0.05) is 6.54 Å². The van der Waals surface area contributed by atoms with E-state index in [4.69, 9.17) is 4.74 Å². The number of carbonyl (C=O) groups excluding carboxylic acids is 3. The number of hydrogen-bond acceptors (Lipinski definition) is 4. The molecule has 0 heterocycles. The average Bonchev–Trinajstić information content (AvgIpc) is 2.68. The van der Waals surface area contributed by atoms with Crippen LogP contribution in [0.25, 0.3) is 0 Å². The fraction of sp³-hybridized carbons (Fsp3) is 0.318. The number of carbonyl (C=O) groups is 3. The molecule has 2 aromatic carbocycles. The third kappa shape index (κ3) is 6.87. The Balaban J connectivity index is 1.88. The molecule has 6 heteroatoms. The van der Waals surface area contributed by atoms with Crippen molar-refractivity contribution in [1.82, 2.24) is 10.6 Å². The van der Waals surface area contributed by atoms with Crippen molar-refractivity contribution in [2.45, 2.75) is 32.7 Å². The van der Waals surface area contributed by atoms with E-state index in [0.717, 1.165) is 22.3 Å². The highest BCUT2D eigenvalue weighted by Gasteiger charge is 2.22. The first-order valence-corrected chi connectivity index (χ1v) is 9.12. The van der Waals surface area contributed by atoms with E-state index in [1.807, 2.05) is 62.4 Å². The van der Waals surface area contributed by atoms with Crippen molar-refractivity contribution in [2.75, 3.05) is 13.7 Å². The Labute approximate surface area is 165 Å². The van der Waals surface area contributed by atoms with Crippen LogP contribution in [0.3, 0.4) is 0 Å².